The van der Waals surface area contributed by atoms with Crippen molar-refractivity contribution in [3.05, 3.63) is 35.4 Å². The van der Waals surface area contributed by atoms with Crippen LogP contribution in [0.2, 0.25) is 0 Å². The summed E-state index contributed by atoms with van der Waals surface area (Å²) in [5.41, 5.74) is 7.06. The summed E-state index contributed by atoms with van der Waals surface area (Å²) in [5, 5.41) is 8.67. The van der Waals surface area contributed by atoms with Crippen molar-refractivity contribution in [2.45, 2.75) is 18.9 Å². The molecule has 0 bridgehead atoms. The Hall–Kier alpha value is -1.42. The Morgan fingerprint density at radius 1 is 1.40 bits per heavy atom. The number of carboxylic acids is 1. The summed E-state index contributed by atoms with van der Waals surface area (Å²) >= 11 is 0. The van der Waals surface area contributed by atoms with Gasteiger partial charge in [-0.3, -0.25) is 9.18 Å². The predicted molar refractivity (Wildman–Crippen MR) is 55.4 cm³/mol. The van der Waals surface area contributed by atoms with E-state index in [1.807, 2.05) is 0 Å². The van der Waals surface area contributed by atoms with Crippen LogP contribution in [0.15, 0.2) is 24.3 Å². The van der Waals surface area contributed by atoms with E-state index in [0.717, 1.165) is 11.1 Å². The van der Waals surface area contributed by atoms with Gasteiger partial charge in [-0.05, 0) is 17.5 Å². The summed E-state index contributed by atoms with van der Waals surface area (Å²) in [5.74, 6) is -1.04. The van der Waals surface area contributed by atoms with E-state index >= 15 is 0 Å². The molecule has 0 radical (unpaired) electrons. The molecular weight excluding hydrogens is 197 g/mol. The Kier molecular flexibility index (Phi) is 4.24. The fourth-order valence-electron chi connectivity index (χ4n) is 1.43. The topological polar surface area (TPSA) is 63.3 Å². The number of carbonyl (C=O) groups is 1. The lowest BCUT2D eigenvalue weighted by Gasteiger charge is -2.10. The third-order valence-corrected chi connectivity index (χ3v) is 2.24. The summed E-state index contributed by atoms with van der Waals surface area (Å²) in [7, 11) is 0. The molecule has 0 saturated carbocycles. The lowest BCUT2D eigenvalue weighted by molar-refractivity contribution is -0.138. The fourth-order valence-corrected chi connectivity index (χ4v) is 1.43. The van der Waals surface area contributed by atoms with Crippen molar-refractivity contribution in [2.24, 2.45) is 5.73 Å². The minimum atomic E-state index is -1.04. The Balaban J connectivity index is 2.79. The molecule has 0 aliphatic heterocycles. The van der Waals surface area contributed by atoms with Gasteiger partial charge in [0.25, 0.3) is 0 Å². The first-order valence-electron chi connectivity index (χ1n) is 4.76. The number of benzene rings is 1. The van der Waals surface area contributed by atoms with E-state index in [-0.39, 0.29) is 6.42 Å². The van der Waals surface area contributed by atoms with Crippen molar-refractivity contribution in [1.29, 1.82) is 0 Å². The second-order valence-electron chi connectivity index (χ2n) is 3.36. The molecule has 0 aromatic heterocycles. The molecular formula is C11H14FNO2. The predicted octanol–water partition coefficient (Wildman–Crippen LogP) is 1.15. The number of aryl methyl sites for hydroxylation is 1. The number of halogens is 1. The summed E-state index contributed by atoms with van der Waals surface area (Å²) in [6, 6.07) is 6.26. The smallest absolute Gasteiger partial charge is 0.320 e. The fraction of sp³-hybridized carbons (Fsp3) is 0.364. The maximum atomic E-state index is 12.2. The molecule has 3 nitrogen and oxygen atoms in total. The molecule has 1 unspecified atom stereocenters. The summed E-state index contributed by atoms with van der Waals surface area (Å²) in [4.78, 5) is 10.6. The Bertz CT molecular complexity index is 341. The molecule has 0 fully saturated rings. The third kappa shape index (κ3) is 3.32. The van der Waals surface area contributed by atoms with Crippen LogP contribution < -0.4 is 5.73 Å². The van der Waals surface area contributed by atoms with Crippen LogP contribution in [0.4, 0.5) is 4.39 Å². The van der Waals surface area contributed by atoms with Gasteiger partial charge in [-0.1, -0.05) is 24.3 Å². The highest BCUT2D eigenvalue weighted by molar-refractivity contribution is 5.73. The number of aliphatic carboxylic acids is 1. The number of nitrogens with two attached hydrogens (primary N) is 1. The Labute approximate surface area is 87.7 Å². The van der Waals surface area contributed by atoms with Gasteiger partial charge in [0.1, 0.15) is 6.04 Å². The Morgan fingerprint density at radius 3 is 2.53 bits per heavy atom. The van der Waals surface area contributed by atoms with Gasteiger partial charge < -0.3 is 10.8 Å². The maximum absolute atomic E-state index is 12.2. The lowest BCUT2D eigenvalue weighted by Crippen LogP contribution is -2.32. The van der Waals surface area contributed by atoms with E-state index in [1.54, 1.807) is 24.3 Å². The van der Waals surface area contributed by atoms with Crippen LogP contribution in [-0.2, 0) is 17.6 Å². The van der Waals surface area contributed by atoms with Crippen molar-refractivity contribution in [3.8, 4) is 0 Å². The minimum Gasteiger partial charge on any atom is -0.480 e. The average Bonchev–Trinajstić information content (AvgIpc) is 2.21. The number of hydrogen-bond acceptors (Lipinski definition) is 2. The van der Waals surface area contributed by atoms with Gasteiger partial charge in [0.2, 0.25) is 0 Å². The first-order chi connectivity index (χ1) is 7.15. The standard InChI is InChI=1S/C11H14FNO2/c12-6-5-8-3-1-2-4-9(8)7-10(13)11(14)15/h1-4,10H,5-7,13H2,(H,14,15). The molecule has 1 rings (SSSR count). The van der Waals surface area contributed by atoms with Crippen molar-refractivity contribution >= 4 is 5.97 Å². The molecule has 3 N–H and O–H groups in total. The summed E-state index contributed by atoms with van der Waals surface area (Å²) < 4.78 is 12.2. The van der Waals surface area contributed by atoms with E-state index in [4.69, 9.17) is 10.8 Å². The van der Waals surface area contributed by atoms with Crippen LogP contribution in [0.25, 0.3) is 0 Å². The van der Waals surface area contributed by atoms with Gasteiger partial charge in [-0.15, -0.1) is 0 Å². The van der Waals surface area contributed by atoms with Gasteiger partial charge in [0.15, 0.2) is 0 Å². The number of carboxylic acid groups (broad SMARTS) is 1. The van der Waals surface area contributed by atoms with Gasteiger partial charge in [0, 0.05) is 6.42 Å². The molecule has 4 heteroatoms. The molecule has 82 valence electrons. The molecule has 15 heavy (non-hydrogen) atoms. The van der Waals surface area contributed by atoms with E-state index < -0.39 is 18.7 Å². The summed E-state index contributed by atoms with van der Waals surface area (Å²) in [6.07, 6.45) is 0.550. The van der Waals surface area contributed by atoms with Gasteiger partial charge in [0.05, 0.1) is 6.67 Å². The van der Waals surface area contributed by atoms with Gasteiger partial charge >= 0.3 is 5.97 Å². The van der Waals surface area contributed by atoms with Crippen molar-refractivity contribution < 1.29 is 14.3 Å². The molecule has 1 aromatic rings. The highest BCUT2D eigenvalue weighted by atomic mass is 19.1. The second-order valence-corrected chi connectivity index (χ2v) is 3.36. The van der Waals surface area contributed by atoms with Crippen LogP contribution in [-0.4, -0.2) is 23.8 Å². The molecule has 1 aromatic carbocycles. The van der Waals surface area contributed by atoms with Gasteiger partial charge in [-0.2, -0.15) is 0 Å². The van der Waals surface area contributed by atoms with Gasteiger partial charge in [-0.25, -0.2) is 0 Å². The van der Waals surface area contributed by atoms with E-state index in [2.05, 4.69) is 0 Å². The second kappa shape index (κ2) is 5.46. The number of rotatable bonds is 5. The van der Waals surface area contributed by atoms with Crippen LogP contribution >= 0.6 is 0 Å². The molecule has 0 aliphatic rings. The van der Waals surface area contributed by atoms with Crippen LogP contribution in [0, 0.1) is 0 Å². The molecule has 0 spiro atoms. The normalized spacial score (nSPS) is 12.4. The monoisotopic (exact) mass is 211 g/mol. The first-order valence-corrected chi connectivity index (χ1v) is 4.76. The third-order valence-electron chi connectivity index (χ3n) is 2.24. The highest BCUT2D eigenvalue weighted by Gasteiger charge is 2.13. The van der Waals surface area contributed by atoms with Crippen LogP contribution in [0.3, 0.4) is 0 Å². The summed E-state index contributed by atoms with van der Waals surface area (Å²) in [6.45, 7) is -0.445. The van der Waals surface area contributed by atoms with E-state index in [0.29, 0.717) is 6.42 Å². The quantitative estimate of drug-likeness (QED) is 0.768. The zero-order valence-electron chi connectivity index (χ0n) is 8.32. The first kappa shape index (κ1) is 11.7. The minimum absolute atomic E-state index is 0.242. The lowest BCUT2D eigenvalue weighted by atomic mass is 9.99. The van der Waals surface area contributed by atoms with Crippen LogP contribution in [0.5, 0.6) is 0 Å². The largest absolute Gasteiger partial charge is 0.480 e. The molecule has 0 heterocycles. The zero-order valence-corrected chi connectivity index (χ0v) is 8.32. The maximum Gasteiger partial charge on any atom is 0.320 e. The average molecular weight is 211 g/mol. The van der Waals surface area contributed by atoms with Crippen molar-refractivity contribution in [3.63, 3.8) is 0 Å². The molecule has 0 aliphatic carbocycles. The highest BCUT2D eigenvalue weighted by Crippen LogP contribution is 2.11. The van der Waals surface area contributed by atoms with Crippen molar-refractivity contribution in [2.75, 3.05) is 6.67 Å². The molecule has 0 amide bonds. The molecule has 1 atom stereocenters. The number of alkyl halides is 1. The SMILES string of the molecule is NC(Cc1ccccc1CCF)C(=O)O. The zero-order chi connectivity index (χ0) is 11.3. The van der Waals surface area contributed by atoms with Crippen LogP contribution in [0.1, 0.15) is 11.1 Å². The van der Waals surface area contributed by atoms with E-state index in [1.165, 1.54) is 0 Å². The molecule has 0 saturated heterocycles. The van der Waals surface area contributed by atoms with E-state index in [9.17, 15) is 9.18 Å². The Morgan fingerprint density at radius 2 is 2.00 bits per heavy atom. The van der Waals surface area contributed by atoms with Crippen molar-refractivity contribution in [1.82, 2.24) is 0 Å². The number of hydrogen-bond donors (Lipinski definition) is 2.